The zero-order valence-electron chi connectivity index (χ0n) is 18.1. The summed E-state index contributed by atoms with van der Waals surface area (Å²) in [5, 5.41) is 8.96. The lowest BCUT2D eigenvalue weighted by molar-refractivity contribution is 0.0972. The first-order chi connectivity index (χ1) is 15.4. The largest absolute Gasteiger partial charge is 0.617 e. The fourth-order valence-corrected chi connectivity index (χ4v) is 4.17. The molecule has 13 heteroatoms. The molecule has 3 aromatic heterocycles. The molecule has 3 rings (SSSR count). The third-order valence-electron chi connectivity index (χ3n) is 4.43. The lowest BCUT2D eigenvalue weighted by Gasteiger charge is -2.21. The van der Waals surface area contributed by atoms with Crippen LogP contribution in [0.5, 0.6) is 5.88 Å². The molecule has 0 aliphatic heterocycles. The number of hydrogen-bond acceptors (Lipinski definition) is 10. The number of nitrogens with one attached hydrogen (secondary N) is 1. The maximum absolute atomic E-state index is 11.7. The molecule has 0 aliphatic rings. The van der Waals surface area contributed by atoms with Crippen molar-refractivity contribution in [3.05, 3.63) is 41.4 Å². The molecule has 0 radical (unpaired) electrons. The van der Waals surface area contributed by atoms with Crippen LogP contribution in [0.2, 0.25) is 5.02 Å². The second-order valence-corrected chi connectivity index (χ2v) is 9.86. The lowest BCUT2D eigenvalue weighted by Crippen LogP contribution is -2.19. The molecule has 32 heavy (non-hydrogen) atoms. The van der Waals surface area contributed by atoms with Crippen molar-refractivity contribution in [2.45, 2.75) is 24.8 Å². The highest BCUT2D eigenvalue weighted by molar-refractivity contribution is 8.01. The van der Waals surface area contributed by atoms with Gasteiger partial charge >= 0.3 is 0 Å². The van der Waals surface area contributed by atoms with Crippen molar-refractivity contribution >= 4 is 40.7 Å². The SMILES string of the molecule is COc1cccc(-c2nnc(NS[C@@H](C)[C@H](OC)c3ncc(Cl)cn3)n2CC[S+](C)[O-])n1. The van der Waals surface area contributed by atoms with Gasteiger partial charge < -0.3 is 14.0 Å². The number of hydrogen-bond donors (Lipinski definition) is 1. The van der Waals surface area contributed by atoms with Crippen molar-refractivity contribution < 1.29 is 14.0 Å². The Labute approximate surface area is 198 Å². The van der Waals surface area contributed by atoms with Crippen LogP contribution in [-0.2, 0) is 22.5 Å². The fraction of sp³-hybridized carbons (Fsp3) is 0.421. The molecule has 3 atom stereocenters. The van der Waals surface area contributed by atoms with E-state index in [9.17, 15) is 4.55 Å². The van der Waals surface area contributed by atoms with E-state index >= 15 is 0 Å². The van der Waals surface area contributed by atoms with Crippen molar-refractivity contribution in [2.24, 2.45) is 0 Å². The summed E-state index contributed by atoms with van der Waals surface area (Å²) in [7, 11) is 3.16. The summed E-state index contributed by atoms with van der Waals surface area (Å²) in [6, 6.07) is 5.41. The highest BCUT2D eigenvalue weighted by Gasteiger charge is 2.24. The first-order valence-corrected chi connectivity index (χ1v) is 12.6. The van der Waals surface area contributed by atoms with Gasteiger partial charge in [-0.25, -0.2) is 15.0 Å². The zero-order chi connectivity index (χ0) is 23.1. The van der Waals surface area contributed by atoms with E-state index in [0.29, 0.717) is 46.5 Å². The van der Waals surface area contributed by atoms with E-state index in [0.717, 1.165) is 0 Å². The van der Waals surface area contributed by atoms with Gasteiger partial charge in [0.1, 0.15) is 17.6 Å². The highest BCUT2D eigenvalue weighted by atomic mass is 35.5. The van der Waals surface area contributed by atoms with Crippen molar-refractivity contribution in [1.29, 1.82) is 0 Å². The fourth-order valence-electron chi connectivity index (χ4n) is 2.84. The van der Waals surface area contributed by atoms with Crippen LogP contribution < -0.4 is 9.46 Å². The number of methoxy groups -OCH3 is 2. The van der Waals surface area contributed by atoms with Crippen molar-refractivity contribution in [3.8, 4) is 17.4 Å². The molecule has 0 bridgehead atoms. The van der Waals surface area contributed by atoms with Gasteiger partial charge in [-0.05, 0) is 24.9 Å². The molecule has 0 spiro atoms. The van der Waals surface area contributed by atoms with Crippen LogP contribution in [0.15, 0.2) is 30.6 Å². The van der Waals surface area contributed by atoms with Gasteiger partial charge in [-0.3, -0.25) is 9.29 Å². The summed E-state index contributed by atoms with van der Waals surface area (Å²) in [5.41, 5.74) is 0.606. The summed E-state index contributed by atoms with van der Waals surface area (Å²) < 4.78 is 27.6. The third kappa shape index (κ3) is 6.23. The van der Waals surface area contributed by atoms with E-state index in [2.05, 4.69) is 29.9 Å². The second-order valence-electron chi connectivity index (χ2n) is 6.68. The maximum Gasteiger partial charge on any atom is 0.235 e. The van der Waals surface area contributed by atoms with Crippen LogP contribution in [0.4, 0.5) is 5.95 Å². The number of pyridine rings is 1. The average Bonchev–Trinajstić information content (AvgIpc) is 3.20. The molecule has 1 N–H and O–H groups in total. The Morgan fingerprint density at radius 3 is 2.66 bits per heavy atom. The van der Waals surface area contributed by atoms with Crippen LogP contribution in [0, 0.1) is 0 Å². The first-order valence-electron chi connectivity index (χ1n) is 9.59. The monoisotopic (exact) mass is 497 g/mol. The van der Waals surface area contributed by atoms with E-state index in [4.69, 9.17) is 21.1 Å². The Morgan fingerprint density at radius 1 is 1.25 bits per heavy atom. The molecule has 172 valence electrons. The Kier molecular flexibility index (Phi) is 8.93. The quantitative estimate of drug-likeness (QED) is 0.312. The molecule has 10 nitrogen and oxygen atoms in total. The zero-order valence-corrected chi connectivity index (χ0v) is 20.4. The third-order valence-corrected chi connectivity index (χ3v) is 6.30. The number of ether oxygens (including phenoxy) is 2. The number of halogens is 1. The minimum absolute atomic E-state index is 0.0787. The molecule has 0 saturated heterocycles. The van der Waals surface area contributed by atoms with Gasteiger partial charge in [0, 0.05) is 25.6 Å². The summed E-state index contributed by atoms with van der Waals surface area (Å²) in [4.78, 5) is 13.0. The molecule has 0 amide bonds. The summed E-state index contributed by atoms with van der Waals surface area (Å²) in [6.07, 6.45) is 4.36. The molecule has 0 aliphatic carbocycles. The van der Waals surface area contributed by atoms with E-state index in [1.165, 1.54) is 24.3 Å². The molecule has 3 aromatic rings. The number of anilines is 1. The number of rotatable bonds is 11. The van der Waals surface area contributed by atoms with Gasteiger partial charge in [-0.2, -0.15) is 0 Å². The molecule has 0 saturated carbocycles. The minimum Gasteiger partial charge on any atom is -0.617 e. The summed E-state index contributed by atoms with van der Waals surface area (Å²) >= 11 is 6.30. The predicted octanol–water partition coefficient (Wildman–Crippen LogP) is 3.01. The molecular weight excluding hydrogens is 474 g/mol. The highest BCUT2D eigenvalue weighted by Crippen LogP contribution is 2.29. The van der Waals surface area contributed by atoms with Crippen LogP contribution >= 0.6 is 23.5 Å². The topological polar surface area (TPSA) is 123 Å². The minimum atomic E-state index is -0.981. The lowest BCUT2D eigenvalue weighted by atomic mass is 10.2. The molecule has 1 unspecified atom stereocenters. The molecule has 0 aromatic carbocycles. The van der Waals surface area contributed by atoms with Crippen molar-refractivity contribution in [3.63, 3.8) is 0 Å². The summed E-state index contributed by atoms with van der Waals surface area (Å²) in [5.74, 6) is 2.51. The van der Waals surface area contributed by atoms with E-state index in [1.807, 2.05) is 23.6 Å². The Morgan fingerprint density at radius 2 is 2.00 bits per heavy atom. The van der Waals surface area contributed by atoms with Crippen LogP contribution in [-0.4, -0.2) is 65.7 Å². The van der Waals surface area contributed by atoms with Gasteiger partial charge in [0.25, 0.3) is 0 Å². The summed E-state index contributed by atoms with van der Waals surface area (Å²) in [6.45, 7) is 2.44. The smallest absolute Gasteiger partial charge is 0.235 e. The van der Waals surface area contributed by atoms with E-state index in [1.54, 1.807) is 26.5 Å². The van der Waals surface area contributed by atoms with Crippen LogP contribution in [0.25, 0.3) is 11.5 Å². The normalized spacial score (nSPS) is 14.1. The molecule has 0 fully saturated rings. The molecular formula is C19H24ClN7O3S2. The van der Waals surface area contributed by atoms with Crippen molar-refractivity contribution in [1.82, 2.24) is 29.7 Å². The van der Waals surface area contributed by atoms with E-state index in [-0.39, 0.29) is 11.4 Å². The standard InChI is InChI=1S/C19H24ClN7O3S2/c1-12(16(30-3)17-21-10-13(20)11-22-17)31-26-19-25-24-18(27(19)8-9-32(4)28)14-6-5-7-15(23-14)29-2/h5-7,10-12,16H,8-9H2,1-4H3,(H,25,26)/t12-,16-,32?/m0/s1. The van der Waals surface area contributed by atoms with E-state index < -0.39 is 11.2 Å². The maximum atomic E-state index is 11.7. The van der Waals surface area contributed by atoms with Gasteiger partial charge in [-0.15, -0.1) is 10.2 Å². The van der Waals surface area contributed by atoms with Gasteiger partial charge in [0.15, 0.2) is 11.6 Å². The van der Waals surface area contributed by atoms with Crippen LogP contribution in [0.1, 0.15) is 18.9 Å². The van der Waals surface area contributed by atoms with Gasteiger partial charge in [-0.1, -0.05) is 28.8 Å². The van der Waals surface area contributed by atoms with Crippen LogP contribution in [0.3, 0.4) is 0 Å². The van der Waals surface area contributed by atoms with Gasteiger partial charge in [0.2, 0.25) is 11.8 Å². The number of nitrogens with zero attached hydrogens (tertiary/aromatic N) is 6. The Hall–Kier alpha value is -2.12. The second kappa shape index (κ2) is 11.7. The average molecular weight is 498 g/mol. The Balaban J connectivity index is 1.80. The Bertz CT molecular complexity index is 1010. The van der Waals surface area contributed by atoms with Gasteiger partial charge in [0.05, 0.1) is 30.2 Å². The molecule has 3 heterocycles. The predicted molar refractivity (Wildman–Crippen MR) is 126 cm³/mol. The number of aromatic nitrogens is 6. The first kappa shape index (κ1) is 24.5. The van der Waals surface area contributed by atoms with Crippen molar-refractivity contribution in [2.75, 3.05) is 31.0 Å².